The molecule has 1 N–H and O–H groups in total. The highest BCUT2D eigenvalue weighted by molar-refractivity contribution is 7.11. The molecule has 1 aliphatic heterocycles. The van der Waals surface area contributed by atoms with E-state index in [4.69, 9.17) is 0 Å². The van der Waals surface area contributed by atoms with E-state index in [1.807, 2.05) is 50.2 Å². The predicted octanol–water partition coefficient (Wildman–Crippen LogP) is 2.45. The normalized spacial score (nSPS) is 13.5. The molecule has 0 bridgehead atoms. The van der Waals surface area contributed by atoms with Crippen molar-refractivity contribution in [3.63, 3.8) is 0 Å². The molecule has 0 radical (unpaired) electrons. The SMILES string of the molecule is Cc1nnc(CNCCN2C(=O)c3cccc4c(N(C)C)ccc(c34)C2=O)s1. The fourth-order valence-electron chi connectivity index (χ4n) is 3.52. The highest BCUT2D eigenvalue weighted by Crippen LogP contribution is 2.35. The van der Waals surface area contributed by atoms with Crippen LogP contribution in [0.2, 0.25) is 0 Å². The van der Waals surface area contributed by atoms with Crippen LogP contribution in [0.4, 0.5) is 5.69 Å². The van der Waals surface area contributed by atoms with E-state index in [2.05, 4.69) is 15.5 Å². The van der Waals surface area contributed by atoms with Gasteiger partial charge in [-0.15, -0.1) is 21.5 Å². The van der Waals surface area contributed by atoms with Crippen molar-refractivity contribution >= 4 is 39.6 Å². The largest absolute Gasteiger partial charge is 0.377 e. The van der Waals surface area contributed by atoms with E-state index in [9.17, 15) is 9.59 Å². The van der Waals surface area contributed by atoms with Crippen molar-refractivity contribution in [2.75, 3.05) is 32.1 Å². The van der Waals surface area contributed by atoms with Gasteiger partial charge in [-0.25, -0.2) is 0 Å². The van der Waals surface area contributed by atoms with Gasteiger partial charge < -0.3 is 10.2 Å². The van der Waals surface area contributed by atoms with Gasteiger partial charge >= 0.3 is 0 Å². The Kier molecular flexibility index (Phi) is 4.82. The van der Waals surface area contributed by atoms with Crippen LogP contribution in [0.15, 0.2) is 30.3 Å². The smallest absolute Gasteiger partial charge is 0.261 e. The van der Waals surface area contributed by atoms with Crippen LogP contribution in [0.1, 0.15) is 30.7 Å². The maximum atomic E-state index is 13.0. The summed E-state index contributed by atoms with van der Waals surface area (Å²) in [5, 5.41) is 14.8. The Morgan fingerprint density at radius 2 is 1.82 bits per heavy atom. The van der Waals surface area contributed by atoms with Crippen LogP contribution in [0.3, 0.4) is 0 Å². The van der Waals surface area contributed by atoms with Crippen molar-refractivity contribution in [2.24, 2.45) is 0 Å². The van der Waals surface area contributed by atoms with Gasteiger partial charge in [0.15, 0.2) is 0 Å². The molecule has 1 aromatic heterocycles. The van der Waals surface area contributed by atoms with Crippen LogP contribution in [0.5, 0.6) is 0 Å². The molecule has 0 fully saturated rings. The number of hydrogen-bond acceptors (Lipinski definition) is 7. The van der Waals surface area contributed by atoms with E-state index in [1.165, 1.54) is 16.2 Å². The topological polar surface area (TPSA) is 78.4 Å². The first-order valence-electron chi connectivity index (χ1n) is 9.06. The molecule has 144 valence electrons. The molecule has 1 aliphatic rings. The molecule has 0 spiro atoms. The Morgan fingerprint density at radius 1 is 1.07 bits per heavy atom. The van der Waals surface area contributed by atoms with Crippen molar-refractivity contribution in [1.29, 1.82) is 0 Å². The van der Waals surface area contributed by atoms with Crippen LogP contribution in [0.25, 0.3) is 10.8 Å². The molecule has 0 saturated carbocycles. The fourth-order valence-corrected chi connectivity index (χ4v) is 4.20. The fraction of sp³-hybridized carbons (Fsp3) is 0.300. The van der Waals surface area contributed by atoms with Gasteiger partial charge in [0.25, 0.3) is 11.8 Å². The first-order chi connectivity index (χ1) is 13.5. The number of carbonyl (C=O) groups excluding carboxylic acids is 2. The van der Waals surface area contributed by atoms with E-state index in [0.717, 1.165) is 26.5 Å². The third-order valence-electron chi connectivity index (χ3n) is 4.81. The number of hydrogen-bond donors (Lipinski definition) is 1. The molecule has 0 saturated heterocycles. The lowest BCUT2D eigenvalue weighted by molar-refractivity contribution is 0.0612. The Bertz CT molecular complexity index is 1050. The number of imide groups is 1. The average molecular weight is 395 g/mol. The minimum atomic E-state index is -0.243. The Balaban J connectivity index is 1.56. The van der Waals surface area contributed by atoms with Crippen LogP contribution < -0.4 is 10.2 Å². The molecule has 8 heteroatoms. The number of amides is 2. The summed E-state index contributed by atoms with van der Waals surface area (Å²) in [7, 11) is 3.90. The third kappa shape index (κ3) is 3.14. The van der Waals surface area contributed by atoms with E-state index in [-0.39, 0.29) is 11.8 Å². The van der Waals surface area contributed by atoms with Crippen molar-refractivity contribution in [2.45, 2.75) is 13.5 Å². The summed E-state index contributed by atoms with van der Waals surface area (Å²) in [5.74, 6) is -0.486. The van der Waals surface area contributed by atoms with Gasteiger partial charge in [-0.3, -0.25) is 14.5 Å². The molecule has 2 amide bonds. The van der Waals surface area contributed by atoms with E-state index in [1.54, 1.807) is 6.07 Å². The number of anilines is 1. The van der Waals surface area contributed by atoms with Crippen molar-refractivity contribution in [3.8, 4) is 0 Å². The number of carbonyl (C=O) groups is 2. The van der Waals surface area contributed by atoms with Crippen molar-refractivity contribution in [3.05, 3.63) is 51.5 Å². The standard InChI is InChI=1S/C20H21N5O2S/c1-12-22-23-17(28-12)11-21-9-10-25-19(26)14-6-4-5-13-16(24(2)3)8-7-15(18(13)14)20(25)27/h4-8,21H,9-11H2,1-3H3. The maximum Gasteiger partial charge on any atom is 0.261 e. The lowest BCUT2D eigenvalue weighted by Gasteiger charge is -2.28. The van der Waals surface area contributed by atoms with E-state index in [0.29, 0.717) is 30.8 Å². The van der Waals surface area contributed by atoms with Gasteiger partial charge in [0.05, 0.1) is 0 Å². The maximum absolute atomic E-state index is 13.0. The van der Waals surface area contributed by atoms with Crippen LogP contribution in [-0.4, -0.2) is 54.1 Å². The molecule has 2 aromatic carbocycles. The monoisotopic (exact) mass is 395 g/mol. The van der Waals surface area contributed by atoms with Gasteiger partial charge in [-0.1, -0.05) is 12.1 Å². The molecular formula is C20H21N5O2S. The number of aryl methyl sites for hydroxylation is 1. The molecule has 7 nitrogen and oxygen atoms in total. The molecule has 28 heavy (non-hydrogen) atoms. The Morgan fingerprint density at radius 3 is 2.50 bits per heavy atom. The van der Waals surface area contributed by atoms with Gasteiger partial charge in [-0.05, 0) is 25.1 Å². The van der Waals surface area contributed by atoms with Gasteiger partial charge in [0.2, 0.25) is 0 Å². The summed E-state index contributed by atoms with van der Waals surface area (Å²) in [6.07, 6.45) is 0. The average Bonchev–Trinajstić information content (AvgIpc) is 3.09. The Labute approximate surface area is 167 Å². The number of nitrogens with zero attached hydrogens (tertiary/aromatic N) is 4. The minimum Gasteiger partial charge on any atom is -0.377 e. The minimum absolute atomic E-state index is 0.243. The number of nitrogens with one attached hydrogen (secondary N) is 1. The summed E-state index contributed by atoms with van der Waals surface area (Å²) in [6, 6.07) is 9.38. The zero-order valence-corrected chi connectivity index (χ0v) is 16.8. The summed E-state index contributed by atoms with van der Waals surface area (Å²) in [4.78, 5) is 29.3. The summed E-state index contributed by atoms with van der Waals surface area (Å²) < 4.78 is 0. The molecule has 4 rings (SSSR count). The predicted molar refractivity (Wildman–Crippen MR) is 110 cm³/mol. The van der Waals surface area contributed by atoms with Gasteiger partial charge in [0.1, 0.15) is 10.0 Å². The number of benzene rings is 2. The van der Waals surface area contributed by atoms with Gasteiger partial charge in [0, 0.05) is 61.3 Å². The van der Waals surface area contributed by atoms with Crippen LogP contribution >= 0.6 is 11.3 Å². The lowest BCUT2D eigenvalue weighted by atomic mass is 9.93. The highest BCUT2D eigenvalue weighted by atomic mass is 32.1. The zero-order valence-electron chi connectivity index (χ0n) is 16.0. The highest BCUT2D eigenvalue weighted by Gasteiger charge is 2.33. The van der Waals surface area contributed by atoms with Crippen LogP contribution in [-0.2, 0) is 6.54 Å². The molecule has 0 unspecified atom stereocenters. The van der Waals surface area contributed by atoms with Crippen molar-refractivity contribution < 1.29 is 9.59 Å². The van der Waals surface area contributed by atoms with Crippen molar-refractivity contribution in [1.82, 2.24) is 20.4 Å². The first-order valence-corrected chi connectivity index (χ1v) is 9.88. The van der Waals surface area contributed by atoms with E-state index >= 15 is 0 Å². The summed E-state index contributed by atoms with van der Waals surface area (Å²) in [6.45, 7) is 3.28. The number of aromatic nitrogens is 2. The molecule has 3 aromatic rings. The first kappa shape index (κ1) is 18.5. The summed E-state index contributed by atoms with van der Waals surface area (Å²) in [5.41, 5.74) is 2.15. The zero-order chi connectivity index (χ0) is 19.8. The molecule has 2 heterocycles. The second-order valence-electron chi connectivity index (χ2n) is 6.91. The molecule has 0 aliphatic carbocycles. The lowest BCUT2D eigenvalue weighted by Crippen LogP contribution is -2.43. The number of rotatable bonds is 6. The quantitative estimate of drug-likeness (QED) is 0.510. The van der Waals surface area contributed by atoms with Gasteiger partial charge in [-0.2, -0.15) is 0 Å². The van der Waals surface area contributed by atoms with Crippen LogP contribution in [0, 0.1) is 6.92 Å². The molecular weight excluding hydrogens is 374 g/mol. The second kappa shape index (κ2) is 7.29. The molecule has 0 atom stereocenters. The van der Waals surface area contributed by atoms with E-state index < -0.39 is 0 Å². The third-order valence-corrected chi connectivity index (χ3v) is 5.65. The summed E-state index contributed by atoms with van der Waals surface area (Å²) >= 11 is 1.53. The second-order valence-corrected chi connectivity index (χ2v) is 8.17. The Hall–Kier alpha value is -2.84.